The lowest BCUT2D eigenvalue weighted by Crippen LogP contribution is -2.30. The molecule has 0 bridgehead atoms. The Hall–Kier alpha value is -1.72. The number of carbonyl (C=O) groups is 4. The zero-order valence-corrected chi connectivity index (χ0v) is 5.89. The second-order valence-electron chi connectivity index (χ2n) is 1.96. The summed E-state index contributed by atoms with van der Waals surface area (Å²) in [5.41, 5.74) is 0. The molecule has 2 N–H and O–H groups in total. The maximum Gasteiger partial charge on any atom is 0.373 e. The van der Waals surface area contributed by atoms with Gasteiger partial charge in [0.05, 0.1) is 0 Å². The van der Waals surface area contributed by atoms with E-state index >= 15 is 0 Å². The molecule has 0 saturated heterocycles. The zero-order valence-electron chi connectivity index (χ0n) is 5.89. The van der Waals surface area contributed by atoms with Gasteiger partial charge in [0.15, 0.2) is 0 Å². The molecule has 0 aromatic rings. The van der Waals surface area contributed by atoms with E-state index < -0.39 is 30.1 Å². The predicted molar refractivity (Wildman–Crippen MR) is 34.4 cm³/mol. The number of ketones is 1. The van der Waals surface area contributed by atoms with Crippen molar-refractivity contribution in [1.82, 2.24) is 0 Å². The lowest BCUT2D eigenvalue weighted by molar-refractivity contribution is -0.157. The first-order chi connectivity index (χ1) is 5.50. The summed E-state index contributed by atoms with van der Waals surface area (Å²) in [6.07, 6.45) is -0.417. The molecule has 0 saturated carbocycles. The average Bonchev–Trinajstić information content (AvgIpc) is 1.98. The molecule has 0 amide bonds. The van der Waals surface area contributed by atoms with Crippen LogP contribution in [0.2, 0.25) is 0 Å². The molecule has 6 heteroatoms. The fraction of sp³-hybridized carbons (Fsp3) is 0.333. The SMILES string of the molecule is O=CCC(C(=O)O)C(=O)C(=O)O. The van der Waals surface area contributed by atoms with Gasteiger partial charge in [-0.25, -0.2) is 4.79 Å². The summed E-state index contributed by atoms with van der Waals surface area (Å²) in [5, 5.41) is 16.4. The Bertz CT molecular complexity index is 230. The fourth-order valence-electron chi connectivity index (χ4n) is 0.565. The summed E-state index contributed by atoms with van der Waals surface area (Å²) >= 11 is 0. The van der Waals surface area contributed by atoms with E-state index in [0.717, 1.165) is 0 Å². The summed E-state index contributed by atoms with van der Waals surface area (Å²) in [5.74, 6) is -6.69. The summed E-state index contributed by atoms with van der Waals surface area (Å²) in [6, 6.07) is 0. The molecule has 0 aliphatic carbocycles. The lowest BCUT2D eigenvalue weighted by atomic mass is 10.0. The van der Waals surface area contributed by atoms with Crippen LogP contribution in [0.15, 0.2) is 0 Å². The molecule has 0 aromatic carbocycles. The normalized spacial score (nSPS) is 11.7. The van der Waals surface area contributed by atoms with Crippen LogP contribution in [0.3, 0.4) is 0 Å². The van der Waals surface area contributed by atoms with Crippen molar-refractivity contribution in [3.63, 3.8) is 0 Å². The molecule has 0 fully saturated rings. The summed E-state index contributed by atoms with van der Waals surface area (Å²) < 4.78 is 0. The number of hydrogen-bond donors (Lipinski definition) is 2. The number of carboxylic acid groups (broad SMARTS) is 2. The second kappa shape index (κ2) is 4.22. The van der Waals surface area contributed by atoms with E-state index in [9.17, 15) is 19.2 Å². The molecular formula is C6H6O6. The van der Waals surface area contributed by atoms with Crippen molar-refractivity contribution in [2.75, 3.05) is 0 Å². The minimum absolute atomic E-state index is 0.194. The molecule has 1 atom stereocenters. The highest BCUT2D eigenvalue weighted by Crippen LogP contribution is 2.02. The summed E-state index contributed by atoms with van der Waals surface area (Å²) in [6.45, 7) is 0. The quantitative estimate of drug-likeness (QED) is 0.312. The van der Waals surface area contributed by atoms with E-state index in [4.69, 9.17) is 10.2 Å². The highest BCUT2D eigenvalue weighted by Gasteiger charge is 2.30. The molecule has 66 valence electrons. The maximum atomic E-state index is 10.5. The number of aldehydes is 1. The Morgan fingerprint density at radius 1 is 1.25 bits per heavy atom. The third-order valence-electron chi connectivity index (χ3n) is 1.16. The largest absolute Gasteiger partial charge is 0.481 e. The molecule has 6 nitrogen and oxygen atoms in total. The Labute approximate surface area is 66.8 Å². The molecule has 0 spiro atoms. The monoisotopic (exact) mass is 174 g/mol. The zero-order chi connectivity index (χ0) is 9.72. The number of rotatable bonds is 5. The van der Waals surface area contributed by atoms with Gasteiger partial charge in [-0.15, -0.1) is 0 Å². The fourth-order valence-corrected chi connectivity index (χ4v) is 0.565. The van der Waals surface area contributed by atoms with Gasteiger partial charge in [-0.05, 0) is 0 Å². The van der Waals surface area contributed by atoms with Crippen molar-refractivity contribution in [3.8, 4) is 0 Å². The first-order valence-electron chi connectivity index (χ1n) is 2.94. The molecule has 1 unspecified atom stereocenters. The van der Waals surface area contributed by atoms with Gasteiger partial charge in [-0.2, -0.15) is 0 Å². The van der Waals surface area contributed by atoms with E-state index in [1.165, 1.54) is 0 Å². The minimum Gasteiger partial charge on any atom is -0.481 e. The first-order valence-corrected chi connectivity index (χ1v) is 2.94. The molecule has 0 rings (SSSR count). The molecule has 12 heavy (non-hydrogen) atoms. The highest BCUT2D eigenvalue weighted by atomic mass is 16.4. The standard InChI is InChI=1S/C6H6O6/c7-2-1-3(5(9)10)4(8)6(11)12/h2-3H,1H2,(H,9,10)(H,11,12). The van der Waals surface area contributed by atoms with Crippen molar-refractivity contribution in [1.29, 1.82) is 0 Å². The summed E-state index contributed by atoms with van der Waals surface area (Å²) in [7, 11) is 0. The Balaban J connectivity index is 4.50. The van der Waals surface area contributed by atoms with Gasteiger partial charge >= 0.3 is 11.9 Å². The number of carbonyl (C=O) groups excluding carboxylic acids is 2. The van der Waals surface area contributed by atoms with Crippen LogP contribution < -0.4 is 0 Å². The van der Waals surface area contributed by atoms with Crippen LogP contribution in [0.1, 0.15) is 6.42 Å². The number of carboxylic acids is 2. The smallest absolute Gasteiger partial charge is 0.373 e. The van der Waals surface area contributed by atoms with Crippen LogP contribution >= 0.6 is 0 Å². The summed E-state index contributed by atoms with van der Waals surface area (Å²) in [4.78, 5) is 40.6. The van der Waals surface area contributed by atoms with Crippen molar-refractivity contribution in [3.05, 3.63) is 0 Å². The van der Waals surface area contributed by atoms with Gasteiger partial charge in [0.2, 0.25) is 0 Å². The van der Waals surface area contributed by atoms with Crippen molar-refractivity contribution < 1.29 is 29.4 Å². The Morgan fingerprint density at radius 3 is 2.00 bits per heavy atom. The van der Waals surface area contributed by atoms with Gasteiger partial charge in [-0.3, -0.25) is 9.59 Å². The second-order valence-corrected chi connectivity index (χ2v) is 1.96. The molecule has 0 radical (unpaired) electrons. The molecule has 0 heterocycles. The van der Waals surface area contributed by atoms with Gasteiger partial charge in [0.25, 0.3) is 5.78 Å². The Morgan fingerprint density at radius 2 is 1.75 bits per heavy atom. The van der Waals surface area contributed by atoms with Crippen molar-refractivity contribution in [2.24, 2.45) is 5.92 Å². The van der Waals surface area contributed by atoms with Crippen LogP contribution in [0.25, 0.3) is 0 Å². The van der Waals surface area contributed by atoms with Crippen molar-refractivity contribution >= 4 is 24.0 Å². The Kier molecular flexibility index (Phi) is 3.61. The average molecular weight is 174 g/mol. The highest BCUT2D eigenvalue weighted by molar-refractivity contribution is 6.37. The molecule has 0 aliphatic rings. The van der Waals surface area contributed by atoms with Crippen LogP contribution in [0, 0.1) is 5.92 Å². The minimum atomic E-state index is -1.84. The first kappa shape index (κ1) is 10.3. The van der Waals surface area contributed by atoms with Crippen molar-refractivity contribution in [2.45, 2.75) is 6.42 Å². The number of aliphatic carboxylic acids is 2. The number of hydrogen-bond acceptors (Lipinski definition) is 4. The van der Waals surface area contributed by atoms with E-state index in [1.807, 2.05) is 0 Å². The molecule has 0 aromatic heterocycles. The number of Topliss-reactive ketones (excluding diaryl/α,β-unsaturated/α-hetero) is 1. The van der Waals surface area contributed by atoms with Gasteiger partial charge in [0, 0.05) is 6.42 Å². The van der Waals surface area contributed by atoms with Gasteiger partial charge in [0.1, 0.15) is 12.2 Å². The molecule has 0 aliphatic heterocycles. The van der Waals surface area contributed by atoms with E-state index in [0.29, 0.717) is 0 Å². The topological polar surface area (TPSA) is 109 Å². The van der Waals surface area contributed by atoms with E-state index in [-0.39, 0.29) is 6.29 Å². The van der Waals surface area contributed by atoms with Crippen LogP contribution in [-0.4, -0.2) is 34.2 Å². The van der Waals surface area contributed by atoms with Crippen LogP contribution in [0.5, 0.6) is 0 Å². The van der Waals surface area contributed by atoms with E-state index in [2.05, 4.69) is 0 Å². The van der Waals surface area contributed by atoms with Gasteiger partial charge in [-0.1, -0.05) is 0 Å². The van der Waals surface area contributed by atoms with E-state index in [1.54, 1.807) is 0 Å². The maximum absolute atomic E-state index is 10.5. The predicted octanol–water partition coefficient (Wildman–Crippen LogP) is -1.07. The third kappa shape index (κ3) is 2.49. The van der Waals surface area contributed by atoms with Crippen LogP contribution in [-0.2, 0) is 19.2 Å². The van der Waals surface area contributed by atoms with Crippen LogP contribution in [0.4, 0.5) is 0 Å². The van der Waals surface area contributed by atoms with Gasteiger partial charge < -0.3 is 15.0 Å². The third-order valence-corrected chi connectivity index (χ3v) is 1.16. The molecular weight excluding hydrogens is 168 g/mol. The lowest BCUT2D eigenvalue weighted by Gasteiger charge is -2.02.